The summed E-state index contributed by atoms with van der Waals surface area (Å²) in [6.07, 6.45) is 0. The van der Waals surface area contributed by atoms with Crippen LogP contribution >= 0.6 is 11.8 Å². The molecule has 0 unspecified atom stereocenters. The maximum atomic E-state index is 13.7. The summed E-state index contributed by atoms with van der Waals surface area (Å²) >= 11 is 1.49. The SMILES string of the molecule is Cc1nn(-c2ccccc2)c2c1[C@@H](c1cccc(F)c1)SCC(=O)N2. The van der Waals surface area contributed by atoms with Gasteiger partial charge in [-0.25, -0.2) is 9.07 Å². The highest BCUT2D eigenvalue weighted by Gasteiger charge is 2.30. The number of amides is 1. The first-order valence-corrected chi connectivity index (χ1v) is 9.00. The number of anilines is 1. The molecule has 25 heavy (non-hydrogen) atoms. The zero-order chi connectivity index (χ0) is 17.4. The first-order valence-electron chi connectivity index (χ1n) is 7.95. The van der Waals surface area contributed by atoms with Crippen molar-refractivity contribution in [2.45, 2.75) is 12.2 Å². The lowest BCUT2D eigenvalue weighted by molar-refractivity contribution is -0.113. The van der Waals surface area contributed by atoms with E-state index in [2.05, 4.69) is 10.4 Å². The van der Waals surface area contributed by atoms with Gasteiger partial charge >= 0.3 is 0 Å². The molecule has 4 rings (SSSR count). The molecule has 0 radical (unpaired) electrons. The van der Waals surface area contributed by atoms with E-state index < -0.39 is 0 Å². The largest absolute Gasteiger partial charge is 0.310 e. The number of hydrogen-bond acceptors (Lipinski definition) is 3. The van der Waals surface area contributed by atoms with Crippen molar-refractivity contribution >= 4 is 23.5 Å². The summed E-state index contributed by atoms with van der Waals surface area (Å²) in [6.45, 7) is 1.92. The summed E-state index contributed by atoms with van der Waals surface area (Å²) < 4.78 is 15.5. The van der Waals surface area contributed by atoms with E-state index in [9.17, 15) is 9.18 Å². The van der Waals surface area contributed by atoms with Gasteiger partial charge in [0.1, 0.15) is 11.6 Å². The number of aromatic nitrogens is 2. The van der Waals surface area contributed by atoms with Gasteiger partial charge in [-0.2, -0.15) is 5.10 Å². The van der Waals surface area contributed by atoms with Crippen molar-refractivity contribution in [3.05, 3.63) is 77.2 Å². The predicted octanol–water partition coefficient (Wildman–Crippen LogP) is 4.09. The van der Waals surface area contributed by atoms with Crippen LogP contribution < -0.4 is 5.32 Å². The lowest BCUT2D eigenvalue weighted by Gasteiger charge is -2.15. The van der Waals surface area contributed by atoms with Crippen LogP contribution in [0, 0.1) is 12.7 Å². The smallest absolute Gasteiger partial charge is 0.235 e. The highest BCUT2D eigenvalue weighted by Crippen LogP contribution is 2.43. The first-order chi connectivity index (χ1) is 12.1. The number of carbonyl (C=O) groups is 1. The standard InChI is InChI=1S/C19H16FN3OS/c1-12-17-18(13-6-5-7-14(20)10-13)25-11-16(24)21-19(17)23(22-12)15-8-3-2-4-9-15/h2-10,18H,11H2,1H3,(H,21,24)/t18-/m1/s1. The van der Waals surface area contributed by atoms with Crippen LogP contribution in [0.3, 0.4) is 0 Å². The Balaban J connectivity index is 1.90. The van der Waals surface area contributed by atoms with E-state index in [1.807, 2.05) is 43.3 Å². The van der Waals surface area contributed by atoms with E-state index in [0.717, 1.165) is 22.5 Å². The Bertz CT molecular complexity index is 939. The predicted molar refractivity (Wildman–Crippen MR) is 97.6 cm³/mol. The van der Waals surface area contributed by atoms with Gasteiger partial charge < -0.3 is 5.32 Å². The fourth-order valence-corrected chi connectivity index (χ4v) is 4.25. The number of hydrogen-bond donors (Lipinski definition) is 1. The van der Waals surface area contributed by atoms with Crippen LogP contribution in [-0.4, -0.2) is 21.4 Å². The average Bonchev–Trinajstić information content (AvgIpc) is 2.82. The molecule has 0 fully saturated rings. The van der Waals surface area contributed by atoms with E-state index >= 15 is 0 Å². The van der Waals surface area contributed by atoms with Crippen molar-refractivity contribution in [3.8, 4) is 5.69 Å². The molecular formula is C19H16FN3OS. The van der Waals surface area contributed by atoms with Gasteiger partial charge in [-0.15, -0.1) is 11.8 Å². The van der Waals surface area contributed by atoms with Crippen molar-refractivity contribution in [1.29, 1.82) is 0 Å². The third-order valence-corrected chi connectivity index (χ3v) is 5.43. The molecule has 2 aromatic carbocycles. The molecule has 1 N–H and O–H groups in total. The Morgan fingerprint density at radius 2 is 2.00 bits per heavy atom. The van der Waals surface area contributed by atoms with Gasteiger partial charge in [-0.05, 0) is 36.8 Å². The van der Waals surface area contributed by atoms with Crippen molar-refractivity contribution in [3.63, 3.8) is 0 Å². The normalized spacial score (nSPS) is 16.9. The van der Waals surface area contributed by atoms with Gasteiger partial charge in [0, 0.05) is 5.56 Å². The maximum Gasteiger partial charge on any atom is 0.235 e. The van der Waals surface area contributed by atoms with E-state index in [-0.39, 0.29) is 17.0 Å². The summed E-state index contributed by atoms with van der Waals surface area (Å²) in [4.78, 5) is 12.2. The first kappa shape index (κ1) is 15.9. The van der Waals surface area contributed by atoms with Crippen LogP contribution in [0.2, 0.25) is 0 Å². The number of fused-ring (bicyclic) bond motifs is 1. The monoisotopic (exact) mass is 353 g/mol. The summed E-state index contributed by atoms with van der Waals surface area (Å²) in [7, 11) is 0. The molecule has 1 amide bonds. The number of para-hydroxylation sites is 1. The van der Waals surface area contributed by atoms with Crippen LogP contribution in [0.1, 0.15) is 22.1 Å². The second-order valence-electron chi connectivity index (χ2n) is 5.89. The highest BCUT2D eigenvalue weighted by atomic mass is 32.2. The molecule has 1 atom stereocenters. The van der Waals surface area contributed by atoms with E-state index in [0.29, 0.717) is 11.6 Å². The summed E-state index contributed by atoms with van der Waals surface area (Å²) in [6, 6.07) is 16.2. The number of carbonyl (C=O) groups excluding carboxylic acids is 1. The zero-order valence-electron chi connectivity index (χ0n) is 13.6. The summed E-state index contributed by atoms with van der Waals surface area (Å²) in [5.74, 6) is 0.607. The van der Waals surface area contributed by atoms with Gasteiger partial charge in [0.05, 0.1) is 22.4 Å². The minimum Gasteiger partial charge on any atom is -0.310 e. The molecule has 126 valence electrons. The summed E-state index contributed by atoms with van der Waals surface area (Å²) in [5.41, 5.74) is 3.45. The third kappa shape index (κ3) is 2.93. The van der Waals surface area contributed by atoms with Gasteiger partial charge in [-0.1, -0.05) is 30.3 Å². The quantitative estimate of drug-likeness (QED) is 0.755. The number of halogens is 1. The molecule has 1 aliphatic heterocycles. The molecular weight excluding hydrogens is 337 g/mol. The minimum atomic E-state index is -0.281. The maximum absolute atomic E-state index is 13.7. The molecule has 1 aromatic heterocycles. The molecule has 1 aliphatic rings. The number of benzene rings is 2. The number of thioether (sulfide) groups is 1. The van der Waals surface area contributed by atoms with Gasteiger partial charge in [0.15, 0.2) is 0 Å². The molecule has 3 aromatic rings. The van der Waals surface area contributed by atoms with Crippen LogP contribution in [0.25, 0.3) is 5.69 Å². The lowest BCUT2D eigenvalue weighted by Crippen LogP contribution is -2.15. The molecule has 4 nitrogen and oxygen atoms in total. The molecule has 0 saturated carbocycles. The van der Waals surface area contributed by atoms with E-state index in [4.69, 9.17) is 0 Å². The van der Waals surface area contributed by atoms with Crippen molar-refractivity contribution in [2.75, 3.05) is 11.1 Å². The van der Waals surface area contributed by atoms with Gasteiger partial charge in [0.2, 0.25) is 5.91 Å². The highest BCUT2D eigenvalue weighted by molar-refractivity contribution is 8.00. The Morgan fingerprint density at radius 3 is 2.76 bits per heavy atom. The second-order valence-corrected chi connectivity index (χ2v) is 6.98. The van der Waals surface area contributed by atoms with Gasteiger partial charge in [0.25, 0.3) is 0 Å². The molecule has 6 heteroatoms. The number of nitrogens with zero attached hydrogens (tertiary/aromatic N) is 2. The fourth-order valence-electron chi connectivity index (χ4n) is 3.07. The van der Waals surface area contributed by atoms with Crippen LogP contribution in [0.4, 0.5) is 10.2 Å². The Morgan fingerprint density at radius 1 is 1.20 bits per heavy atom. The van der Waals surface area contributed by atoms with Gasteiger partial charge in [-0.3, -0.25) is 4.79 Å². The summed E-state index contributed by atoms with van der Waals surface area (Å²) in [5, 5.41) is 7.45. The molecule has 0 spiro atoms. The van der Waals surface area contributed by atoms with E-state index in [1.165, 1.54) is 23.9 Å². The Kier molecular flexibility index (Phi) is 4.05. The number of nitrogens with one attached hydrogen (secondary N) is 1. The van der Waals surface area contributed by atoms with Crippen molar-refractivity contribution in [2.24, 2.45) is 0 Å². The van der Waals surface area contributed by atoms with Crippen LogP contribution in [0.15, 0.2) is 54.6 Å². The molecule has 0 saturated heterocycles. The number of rotatable bonds is 2. The molecule has 2 heterocycles. The number of aryl methyl sites for hydroxylation is 1. The lowest BCUT2D eigenvalue weighted by atomic mass is 10.0. The molecule has 0 aliphatic carbocycles. The molecule has 0 bridgehead atoms. The third-order valence-electron chi connectivity index (χ3n) is 4.16. The van der Waals surface area contributed by atoms with Crippen LogP contribution in [-0.2, 0) is 4.79 Å². The van der Waals surface area contributed by atoms with Crippen molar-refractivity contribution < 1.29 is 9.18 Å². The van der Waals surface area contributed by atoms with Crippen molar-refractivity contribution in [1.82, 2.24) is 9.78 Å². The minimum absolute atomic E-state index is 0.0813. The van der Waals surface area contributed by atoms with E-state index in [1.54, 1.807) is 10.7 Å². The fraction of sp³-hybridized carbons (Fsp3) is 0.158. The Labute approximate surface area is 149 Å². The zero-order valence-corrected chi connectivity index (χ0v) is 14.4. The average molecular weight is 353 g/mol. The second kappa shape index (κ2) is 6.37. The topological polar surface area (TPSA) is 46.9 Å². The Hall–Kier alpha value is -2.60. The van der Waals surface area contributed by atoms with Crippen LogP contribution in [0.5, 0.6) is 0 Å².